The lowest BCUT2D eigenvalue weighted by Crippen LogP contribution is -2.12. The Hall–Kier alpha value is -2.73. The fraction of sp³-hybridized carbons (Fsp3) is 0.167. The van der Waals surface area contributed by atoms with Gasteiger partial charge >= 0.3 is 0 Å². The van der Waals surface area contributed by atoms with E-state index < -0.39 is 0 Å². The molecule has 0 aliphatic carbocycles. The molecular formula is C18H17N3O2S. The van der Waals surface area contributed by atoms with E-state index in [1.807, 2.05) is 48.5 Å². The van der Waals surface area contributed by atoms with Crippen LogP contribution in [0.2, 0.25) is 0 Å². The third-order valence-electron chi connectivity index (χ3n) is 3.59. The molecule has 0 saturated carbocycles. The van der Waals surface area contributed by atoms with Crippen molar-refractivity contribution in [3.05, 3.63) is 60.3 Å². The number of amides is 1. The molecule has 0 atom stereocenters. The van der Waals surface area contributed by atoms with Crippen LogP contribution in [0.4, 0.5) is 5.69 Å². The van der Waals surface area contributed by atoms with Crippen molar-refractivity contribution in [2.75, 3.05) is 12.4 Å². The molecule has 24 heavy (non-hydrogen) atoms. The van der Waals surface area contributed by atoms with E-state index in [9.17, 15) is 4.79 Å². The number of carbonyl (C=O) groups excluding carboxylic acids is 1. The van der Waals surface area contributed by atoms with Crippen LogP contribution >= 0.6 is 11.5 Å². The van der Waals surface area contributed by atoms with E-state index in [2.05, 4.69) is 14.9 Å². The van der Waals surface area contributed by atoms with Gasteiger partial charge in [0, 0.05) is 12.1 Å². The molecule has 6 heteroatoms. The first-order chi connectivity index (χ1) is 11.7. The average Bonchev–Trinajstić information content (AvgIpc) is 3.15. The number of aryl methyl sites for hydroxylation is 1. The normalized spacial score (nSPS) is 10.4. The zero-order valence-electron chi connectivity index (χ0n) is 13.2. The fourth-order valence-electron chi connectivity index (χ4n) is 2.32. The van der Waals surface area contributed by atoms with Gasteiger partial charge in [0.2, 0.25) is 5.91 Å². The maximum absolute atomic E-state index is 12.1. The summed E-state index contributed by atoms with van der Waals surface area (Å²) in [6, 6.07) is 15.4. The second-order valence-corrected chi connectivity index (χ2v) is 6.04. The standard InChI is InChI=1S/C18H17N3O2S/c1-23-16-4-2-3-13(11-16)5-10-18(22)20-15-8-6-14(7-9-15)17-12-19-21-24-17/h2-4,6-9,11-12H,5,10H2,1H3,(H,20,22). The molecule has 122 valence electrons. The molecule has 0 unspecified atom stereocenters. The average molecular weight is 339 g/mol. The van der Waals surface area contributed by atoms with Crippen LogP contribution in [0, 0.1) is 0 Å². The fourth-order valence-corrected chi connectivity index (χ4v) is 2.84. The number of hydrogen-bond donors (Lipinski definition) is 1. The molecule has 5 nitrogen and oxygen atoms in total. The number of nitrogens with zero attached hydrogens (tertiary/aromatic N) is 2. The van der Waals surface area contributed by atoms with Crippen LogP contribution in [0.1, 0.15) is 12.0 Å². The van der Waals surface area contributed by atoms with Crippen LogP contribution in [-0.2, 0) is 11.2 Å². The van der Waals surface area contributed by atoms with Crippen LogP contribution in [-0.4, -0.2) is 22.6 Å². The van der Waals surface area contributed by atoms with Crippen molar-refractivity contribution in [3.8, 4) is 16.2 Å². The number of ether oxygens (including phenoxy) is 1. The minimum Gasteiger partial charge on any atom is -0.497 e. The number of aromatic nitrogens is 2. The second-order valence-electron chi connectivity index (χ2n) is 5.26. The van der Waals surface area contributed by atoms with E-state index in [1.165, 1.54) is 11.5 Å². The van der Waals surface area contributed by atoms with Gasteiger partial charge in [-0.05, 0) is 53.3 Å². The van der Waals surface area contributed by atoms with E-state index in [4.69, 9.17) is 4.74 Å². The summed E-state index contributed by atoms with van der Waals surface area (Å²) in [6.45, 7) is 0. The predicted octanol–water partition coefficient (Wildman–Crippen LogP) is 3.79. The van der Waals surface area contributed by atoms with E-state index in [-0.39, 0.29) is 5.91 Å². The lowest BCUT2D eigenvalue weighted by molar-refractivity contribution is -0.116. The molecule has 0 spiro atoms. The number of methoxy groups -OCH3 is 1. The Morgan fingerprint density at radius 1 is 1.21 bits per heavy atom. The minimum absolute atomic E-state index is 0.00923. The molecule has 1 heterocycles. The molecule has 0 aliphatic heterocycles. The molecule has 0 aliphatic rings. The number of rotatable bonds is 6. The number of hydrogen-bond acceptors (Lipinski definition) is 5. The maximum atomic E-state index is 12.1. The third kappa shape index (κ3) is 4.17. The van der Waals surface area contributed by atoms with Gasteiger partial charge in [0.05, 0.1) is 18.2 Å². The summed E-state index contributed by atoms with van der Waals surface area (Å²) in [5.41, 5.74) is 2.91. The number of nitrogens with one attached hydrogen (secondary N) is 1. The Kier molecular flexibility index (Phi) is 5.18. The van der Waals surface area contributed by atoms with Gasteiger partial charge in [0.25, 0.3) is 0 Å². The van der Waals surface area contributed by atoms with Crippen molar-refractivity contribution < 1.29 is 9.53 Å². The summed E-state index contributed by atoms with van der Waals surface area (Å²) in [5.74, 6) is 0.797. The van der Waals surface area contributed by atoms with Crippen molar-refractivity contribution in [1.29, 1.82) is 0 Å². The smallest absolute Gasteiger partial charge is 0.224 e. The van der Waals surface area contributed by atoms with Crippen LogP contribution in [0.15, 0.2) is 54.7 Å². The second kappa shape index (κ2) is 7.70. The molecule has 1 amide bonds. The first-order valence-electron chi connectivity index (χ1n) is 7.55. The van der Waals surface area contributed by atoms with Gasteiger partial charge in [-0.2, -0.15) is 0 Å². The predicted molar refractivity (Wildman–Crippen MR) is 95.3 cm³/mol. The molecule has 0 bridgehead atoms. The SMILES string of the molecule is COc1cccc(CCC(=O)Nc2ccc(-c3cnns3)cc2)c1. The highest BCUT2D eigenvalue weighted by atomic mass is 32.1. The van der Waals surface area contributed by atoms with Crippen LogP contribution in [0.5, 0.6) is 5.75 Å². The lowest BCUT2D eigenvalue weighted by atomic mass is 10.1. The van der Waals surface area contributed by atoms with Crippen molar-refractivity contribution in [1.82, 2.24) is 9.59 Å². The van der Waals surface area contributed by atoms with Crippen LogP contribution in [0.3, 0.4) is 0 Å². The zero-order valence-corrected chi connectivity index (χ0v) is 14.0. The molecule has 1 N–H and O–H groups in total. The molecule has 0 saturated heterocycles. The van der Waals surface area contributed by atoms with Gasteiger partial charge < -0.3 is 10.1 Å². The highest BCUT2D eigenvalue weighted by Gasteiger charge is 2.05. The van der Waals surface area contributed by atoms with Crippen molar-refractivity contribution >= 4 is 23.1 Å². The first-order valence-corrected chi connectivity index (χ1v) is 8.32. The Morgan fingerprint density at radius 3 is 2.75 bits per heavy atom. The van der Waals surface area contributed by atoms with Gasteiger partial charge in [-0.25, -0.2) is 0 Å². The molecule has 1 aromatic heterocycles. The van der Waals surface area contributed by atoms with Gasteiger partial charge in [-0.1, -0.05) is 28.8 Å². The van der Waals surface area contributed by atoms with E-state index in [1.54, 1.807) is 13.3 Å². The quantitative estimate of drug-likeness (QED) is 0.742. The summed E-state index contributed by atoms with van der Waals surface area (Å²) in [7, 11) is 1.64. The van der Waals surface area contributed by atoms with Gasteiger partial charge in [-0.3, -0.25) is 4.79 Å². The highest BCUT2D eigenvalue weighted by molar-refractivity contribution is 7.09. The summed E-state index contributed by atoms with van der Waals surface area (Å²) in [6.07, 6.45) is 2.83. The third-order valence-corrected chi connectivity index (χ3v) is 4.30. The molecule has 0 fully saturated rings. The van der Waals surface area contributed by atoms with E-state index in [0.717, 1.165) is 27.4 Å². The topological polar surface area (TPSA) is 64.1 Å². The van der Waals surface area contributed by atoms with Crippen molar-refractivity contribution in [3.63, 3.8) is 0 Å². The lowest BCUT2D eigenvalue weighted by Gasteiger charge is -2.07. The molecule has 0 radical (unpaired) electrons. The largest absolute Gasteiger partial charge is 0.497 e. The summed E-state index contributed by atoms with van der Waals surface area (Å²) >= 11 is 1.35. The number of carbonyl (C=O) groups is 1. The van der Waals surface area contributed by atoms with Crippen LogP contribution in [0.25, 0.3) is 10.4 Å². The molecule has 3 aromatic rings. The summed E-state index contributed by atoms with van der Waals surface area (Å²) in [4.78, 5) is 13.1. The molecule has 3 rings (SSSR count). The van der Waals surface area contributed by atoms with Crippen molar-refractivity contribution in [2.24, 2.45) is 0 Å². The molecular weight excluding hydrogens is 322 g/mol. The van der Waals surface area contributed by atoms with Gasteiger partial charge in [-0.15, -0.1) is 5.10 Å². The zero-order chi connectivity index (χ0) is 16.8. The summed E-state index contributed by atoms with van der Waals surface area (Å²) in [5, 5.41) is 6.74. The Balaban J connectivity index is 1.54. The highest BCUT2D eigenvalue weighted by Crippen LogP contribution is 2.23. The van der Waals surface area contributed by atoms with Crippen LogP contribution < -0.4 is 10.1 Å². The number of benzene rings is 2. The van der Waals surface area contributed by atoms with Crippen molar-refractivity contribution in [2.45, 2.75) is 12.8 Å². The van der Waals surface area contributed by atoms with E-state index >= 15 is 0 Å². The Bertz CT molecular complexity index is 801. The van der Waals surface area contributed by atoms with Gasteiger partial charge in [0.1, 0.15) is 5.75 Å². The summed E-state index contributed by atoms with van der Waals surface area (Å²) < 4.78 is 9.04. The van der Waals surface area contributed by atoms with E-state index in [0.29, 0.717) is 12.8 Å². The Labute approximate surface area is 144 Å². The Morgan fingerprint density at radius 2 is 2.04 bits per heavy atom. The first kappa shape index (κ1) is 16.1. The molecule has 2 aromatic carbocycles. The number of anilines is 1. The van der Waals surface area contributed by atoms with Gasteiger partial charge in [0.15, 0.2) is 0 Å². The maximum Gasteiger partial charge on any atom is 0.224 e. The monoisotopic (exact) mass is 339 g/mol. The minimum atomic E-state index is -0.00923.